The Morgan fingerprint density at radius 1 is 1.27 bits per heavy atom. The monoisotopic (exact) mass is 200 g/mol. The van der Waals surface area contributed by atoms with E-state index in [9.17, 15) is 0 Å². The fraction of sp³-hybridized carbons (Fsp3) is 0.308. The van der Waals surface area contributed by atoms with Crippen molar-refractivity contribution in [1.29, 1.82) is 0 Å². The van der Waals surface area contributed by atoms with Crippen molar-refractivity contribution in [2.45, 2.75) is 27.2 Å². The Bertz CT molecular complexity index is 469. The molecule has 0 spiro atoms. The Morgan fingerprint density at radius 3 is 2.67 bits per heavy atom. The van der Waals surface area contributed by atoms with Gasteiger partial charge in [0.25, 0.3) is 0 Å². The van der Waals surface area contributed by atoms with Gasteiger partial charge in [-0.3, -0.25) is 0 Å². The number of H-pyrrole nitrogens is 1. The van der Waals surface area contributed by atoms with E-state index in [4.69, 9.17) is 0 Å². The third kappa shape index (κ3) is 1.94. The van der Waals surface area contributed by atoms with Crippen LogP contribution in [0.5, 0.6) is 0 Å². The van der Waals surface area contributed by atoms with E-state index < -0.39 is 0 Å². The predicted molar refractivity (Wildman–Crippen MR) is 62.9 cm³/mol. The topological polar surface area (TPSA) is 28.7 Å². The zero-order valence-corrected chi connectivity index (χ0v) is 9.46. The fourth-order valence-corrected chi connectivity index (χ4v) is 1.76. The zero-order chi connectivity index (χ0) is 10.8. The quantitative estimate of drug-likeness (QED) is 0.792. The summed E-state index contributed by atoms with van der Waals surface area (Å²) in [5.74, 6) is 1.06. The van der Waals surface area contributed by atoms with Crippen molar-refractivity contribution >= 4 is 0 Å². The van der Waals surface area contributed by atoms with Gasteiger partial charge in [-0.2, -0.15) is 0 Å². The number of rotatable bonds is 2. The molecule has 0 aliphatic heterocycles. The second-order valence-electron chi connectivity index (χ2n) is 3.88. The molecule has 1 N–H and O–H groups in total. The number of imidazole rings is 1. The van der Waals surface area contributed by atoms with Gasteiger partial charge in [-0.05, 0) is 19.9 Å². The minimum Gasteiger partial charge on any atom is -0.346 e. The second-order valence-corrected chi connectivity index (χ2v) is 3.88. The first-order valence-electron chi connectivity index (χ1n) is 5.33. The Labute approximate surface area is 90.4 Å². The number of aromatic nitrogens is 2. The lowest BCUT2D eigenvalue weighted by Crippen LogP contribution is -1.83. The number of aromatic amines is 1. The fourth-order valence-electron chi connectivity index (χ4n) is 1.76. The highest BCUT2D eigenvalue weighted by Gasteiger charge is 2.07. The minimum atomic E-state index is 0.951. The first-order chi connectivity index (χ1) is 7.20. The van der Waals surface area contributed by atoms with Crippen LogP contribution in [0.3, 0.4) is 0 Å². The van der Waals surface area contributed by atoms with Gasteiger partial charge in [0.05, 0.1) is 5.69 Å². The molecule has 15 heavy (non-hydrogen) atoms. The van der Waals surface area contributed by atoms with Crippen molar-refractivity contribution in [3.05, 3.63) is 41.3 Å². The number of benzene rings is 1. The molecule has 1 heterocycles. The molecule has 2 nitrogen and oxygen atoms in total. The van der Waals surface area contributed by atoms with Crippen LogP contribution in [-0.2, 0) is 6.42 Å². The van der Waals surface area contributed by atoms with Gasteiger partial charge in [0.15, 0.2) is 0 Å². The first-order valence-corrected chi connectivity index (χ1v) is 5.33. The molecule has 2 heteroatoms. The summed E-state index contributed by atoms with van der Waals surface area (Å²) in [5.41, 5.74) is 4.70. The molecule has 1 aromatic carbocycles. The van der Waals surface area contributed by atoms with Crippen molar-refractivity contribution in [3.8, 4) is 11.3 Å². The highest BCUT2D eigenvalue weighted by Crippen LogP contribution is 2.21. The molecule has 78 valence electrons. The summed E-state index contributed by atoms with van der Waals surface area (Å²) in [6.07, 6.45) is 0.951. The van der Waals surface area contributed by atoms with Gasteiger partial charge in [-0.25, -0.2) is 4.98 Å². The van der Waals surface area contributed by atoms with Crippen LogP contribution < -0.4 is 0 Å². The van der Waals surface area contributed by atoms with Crippen molar-refractivity contribution < 1.29 is 0 Å². The molecule has 0 saturated heterocycles. The number of hydrogen-bond donors (Lipinski definition) is 1. The summed E-state index contributed by atoms with van der Waals surface area (Å²) in [4.78, 5) is 7.89. The van der Waals surface area contributed by atoms with Gasteiger partial charge < -0.3 is 4.98 Å². The molecule has 0 bridgehead atoms. The van der Waals surface area contributed by atoms with Gasteiger partial charge in [0.1, 0.15) is 5.82 Å². The summed E-state index contributed by atoms with van der Waals surface area (Å²) in [6, 6.07) is 8.45. The normalized spacial score (nSPS) is 10.6. The van der Waals surface area contributed by atoms with Gasteiger partial charge in [0, 0.05) is 17.7 Å². The van der Waals surface area contributed by atoms with Crippen molar-refractivity contribution in [3.63, 3.8) is 0 Å². The van der Waals surface area contributed by atoms with E-state index in [0.717, 1.165) is 23.6 Å². The number of nitrogens with zero attached hydrogens (tertiary/aromatic N) is 1. The standard InChI is InChI=1S/C13H16N2/c1-4-12-14-10(3)13(15-12)11-7-5-6-9(2)8-11/h5-8H,4H2,1-3H3,(H,14,15). The van der Waals surface area contributed by atoms with E-state index in [1.807, 2.05) is 0 Å². The van der Waals surface area contributed by atoms with Crippen LogP contribution in [0, 0.1) is 13.8 Å². The summed E-state index contributed by atoms with van der Waals surface area (Å²) in [5, 5.41) is 0. The summed E-state index contributed by atoms with van der Waals surface area (Å²) >= 11 is 0. The van der Waals surface area contributed by atoms with Crippen molar-refractivity contribution in [2.75, 3.05) is 0 Å². The maximum Gasteiger partial charge on any atom is 0.106 e. The molecule has 0 radical (unpaired) electrons. The SMILES string of the molecule is CCc1nc(-c2cccc(C)c2)c(C)[nH]1. The van der Waals surface area contributed by atoms with Crippen molar-refractivity contribution in [1.82, 2.24) is 9.97 Å². The van der Waals surface area contributed by atoms with Crippen LogP contribution in [0.1, 0.15) is 24.0 Å². The lowest BCUT2D eigenvalue weighted by Gasteiger charge is -1.99. The molecule has 0 saturated carbocycles. The predicted octanol–water partition coefficient (Wildman–Crippen LogP) is 3.26. The smallest absolute Gasteiger partial charge is 0.106 e. The lowest BCUT2D eigenvalue weighted by molar-refractivity contribution is 0.982. The van der Waals surface area contributed by atoms with Gasteiger partial charge in [-0.1, -0.05) is 30.7 Å². The van der Waals surface area contributed by atoms with Crippen LogP contribution in [0.15, 0.2) is 24.3 Å². The highest BCUT2D eigenvalue weighted by molar-refractivity contribution is 5.62. The number of aryl methyl sites for hydroxylation is 3. The maximum absolute atomic E-state index is 4.58. The van der Waals surface area contributed by atoms with Crippen molar-refractivity contribution in [2.24, 2.45) is 0 Å². The highest BCUT2D eigenvalue weighted by atomic mass is 14.9. The molecule has 0 fully saturated rings. The van der Waals surface area contributed by atoms with E-state index in [2.05, 4.69) is 55.0 Å². The van der Waals surface area contributed by atoms with Gasteiger partial charge in [0.2, 0.25) is 0 Å². The zero-order valence-electron chi connectivity index (χ0n) is 9.46. The largest absolute Gasteiger partial charge is 0.346 e. The van der Waals surface area contributed by atoms with Crippen LogP contribution in [0.25, 0.3) is 11.3 Å². The third-order valence-electron chi connectivity index (χ3n) is 2.56. The van der Waals surface area contributed by atoms with E-state index in [-0.39, 0.29) is 0 Å². The summed E-state index contributed by atoms with van der Waals surface area (Å²) in [6.45, 7) is 6.29. The molecule has 1 aromatic heterocycles. The molecule has 0 atom stereocenters. The Balaban J connectivity index is 2.48. The van der Waals surface area contributed by atoms with Crippen LogP contribution in [0.2, 0.25) is 0 Å². The molecule has 0 amide bonds. The Hall–Kier alpha value is -1.57. The van der Waals surface area contributed by atoms with Gasteiger partial charge in [-0.15, -0.1) is 0 Å². The molecule has 0 aliphatic carbocycles. The van der Waals surface area contributed by atoms with Crippen LogP contribution in [0.4, 0.5) is 0 Å². The molecule has 0 aliphatic rings. The van der Waals surface area contributed by atoms with Crippen LogP contribution >= 0.6 is 0 Å². The molecular weight excluding hydrogens is 184 g/mol. The van der Waals surface area contributed by atoms with E-state index in [1.165, 1.54) is 11.1 Å². The summed E-state index contributed by atoms with van der Waals surface area (Å²) in [7, 11) is 0. The average Bonchev–Trinajstić information content (AvgIpc) is 2.60. The average molecular weight is 200 g/mol. The number of nitrogens with one attached hydrogen (secondary N) is 1. The molecule has 2 rings (SSSR count). The molecule has 2 aromatic rings. The van der Waals surface area contributed by atoms with E-state index >= 15 is 0 Å². The Morgan fingerprint density at radius 2 is 2.07 bits per heavy atom. The summed E-state index contributed by atoms with van der Waals surface area (Å²) < 4.78 is 0. The number of hydrogen-bond acceptors (Lipinski definition) is 1. The van der Waals surface area contributed by atoms with E-state index in [0.29, 0.717) is 0 Å². The van der Waals surface area contributed by atoms with Gasteiger partial charge >= 0.3 is 0 Å². The second kappa shape index (κ2) is 3.89. The molecule has 0 unspecified atom stereocenters. The van der Waals surface area contributed by atoms with E-state index in [1.54, 1.807) is 0 Å². The lowest BCUT2D eigenvalue weighted by atomic mass is 10.1. The third-order valence-corrected chi connectivity index (χ3v) is 2.56. The minimum absolute atomic E-state index is 0.951. The maximum atomic E-state index is 4.58. The first kappa shape index (κ1) is 9.97. The van der Waals surface area contributed by atoms with Crippen LogP contribution in [-0.4, -0.2) is 9.97 Å². The Kier molecular flexibility index (Phi) is 2.58. The molecular formula is C13H16N2.